The van der Waals surface area contributed by atoms with Crippen LogP contribution in [0.4, 0.5) is 0 Å². The number of rotatable bonds is 38. The molecule has 0 heterocycles. The number of unbranched alkanes of at least 4 members (excludes halogenated alkanes) is 8. The Balaban J connectivity index is 4.58. The van der Waals surface area contributed by atoms with Crippen LogP contribution in [0, 0.1) is 0 Å². The van der Waals surface area contributed by atoms with Crippen LogP contribution in [0.1, 0.15) is 136 Å². The predicted octanol–water partition coefficient (Wildman–Crippen LogP) is 11.5. The molecule has 0 spiro atoms. The van der Waals surface area contributed by atoms with E-state index < -0.39 is 38.6 Å². The van der Waals surface area contributed by atoms with Crippen molar-refractivity contribution < 1.29 is 47.2 Å². The summed E-state index contributed by atoms with van der Waals surface area (Å²) < 4.78 is 34.2. The molecule has 0 saturated carbocycles. The smallest absolute Gasteiger partial charge is 0.462 e. The molecule has 0 fully saturated rings. The minimum Gasteiger partial charge on any atom is -0.462 e. The minimum atomic E-state index is -4.42. The van der Waals surface area contributed by atoms with E-state index in [1.165, 1.54) is 25.7 Å². The zero-order chi connectivity index (χ0) is 43.7. The molecule has 0 amide bonds. The van der Waals surface area contributed by atoms with E-state index in [4.69, 9.17) is 18.5 Å². The highest BCUT2D eigenvalue weighted by atomic mass is 31.2. The van der Waals surface area contributed by atoms with Gasteiger partial charge >= 0.3 is 19.8 Å². The number of ether oxygens (including phenoxy) is 2. The molecule has 0 aromatic carbocycles. The third-order valence-electron chi connectivity index (χ3n) is 8.68. The molecule has 0 aromatic heterocycles. The van der Waals surface area contributed by atoms with Gasteiger partial charge in [0.2, 0.25) is 0 Å². The van der Waals surface area contributed by atoms with Crippen LogP contribution in [0.3, 0.4) is 0 Å². The van der Waals surface area contributed by atoms with Crippen molar-refractivity contribution in [1.82, 2.24) is 0 Å². The first-order valence-corrected chi connectivity index (χ1v) is 23.6. The van der Waals surface area contributed by atoms with Crippen molar-refractivity contribution >= 4 is 19.8 Å². The molecule has 0 radical (unpaired) electrons. The molecule has 336 valence electrons. The molecule has 0 aliphatic rings. The Morgan fingerprint density at radius 3 is 1.83 bits per heavy atom. The molecule has 11 heteroatoms. The van der Waals surface area contributed by atoms with Crippen LogP contribution in [0.5, 0.6) is 0 Å². The van der Waals surface area contributed by atoms with Gasteiger partial charge in [0.25, 0.3) is 0 Å². The number of nitrogens with zero attached hydrogens (tertiary/aromatic N) is 1. The fourth-order valence-electron chi connectivity index (χ4n) is 5.20. The highest BCUT2D eigenvalue weighted by Crippen LogP contribution is 2.43. The Hall–Kier alpha value is -3.11. The highest BCUT2D eigenvalue weighted by Gasteiger charge is 2.27. The quantitative estimate of drug-likeness (QED) is 0.0156. The summed E-state index contributed by atoms with van der Waals surface area (Å²) >= 11 is 0. The number of quaternary nitrogens is 1. The number of esters is 2. The second-order valence-electron chi connectivity index (χ2n) is 15.5. The van der Waals surface area contributed by atoms with E-state index in [1.807, 2.05) is 57.6 Å². The lowest BCUT2D eigenvalue weighted by Gasteiger charge is -2.24. The van der Waals surface area contributed by atoms with Gasteiger partial charge in [-0.15, -0.1) is 0 Å². The molecule has 0 aliphatic heterocycles. The van der Waals surface area contributed by atoms with E-state index >= 15 is 0 Å². The molecule has 2 N–H and O–H groups in total. The van der Waals surface area contributed by atoms with Crippen LogP contribution < -0.4 is 0 Å². The van der Waals surface area contributed by atoms with E-state index in [0.29, 0.717) is 36.7 Å². The SMILES string of the molecule is CC/C=C\C/C=C\CC(O)/C=C/C=C\C/C=C\CCCC(=O)OC[C@H](COP(=O)(O)OCC[N+](C)(C)C)OC(=O)CCCCCC/C=C\C/C=C\C/C=C\CCCCC. The Labute approximate surface area is 358 Å². The molecule has 0 rings (SSSR count). The first-order valence-electron chi connectivity index (χ1n) is 22.1. The summed E-state index contributed by atoms with van der Waals surface area (Å²) in [5.41, 5.74) is 0. The van der Waals surface area contributed by atoms with Gasteiger partial charge in [-0.25, -0.2) is 4.57 Å². The second-order valence-corrected chi connectivity index (χ2v) is 17.0. The third kappa shape index (κ3) is 42.8. The number of carbonyl (C=O) groups excluding carboxylic acids is 2. The number of carbonyl (C=O) groups is 2. The average molecular weight is 847 g/mol. The number of phosphoric ester groups is 1. The fraction of sp³-hybridized carbons (Fsp3) is 0.625. The summed E-state index contributed by atoms with van der Waals surface area (Å²) in [5.74, 6) is -0.943. The van der Waals surface area contributed by atoms with E-state index in [1.54, 1.807) is 6.08 Å². The van der Waals surface area contributed by atoms with Crippen LogP contribution in [0.25, 0.3) is 0 Å². The molecule has 0 aromatic rings. The van der Waals surface area contributed by atoms with E-state index in [0.717, 1.165) is 57.8 Å². The van der Waals surface area contributed by atoms with Gasteiger partial charge in [0.1, 0.15) is 19.8 Å². The minimum absolute atomic E-state index is 0.00239. The molecule has 0 aliphatic carbocycles. The molecule has 2 unspecified atom stereocenters. The van der Waals surface area contributed by atoms with Crippen LogP contribution in [-0.2, 0) is 32.7 Å². The van der Waals surface area contributed by atoms with Gasteiger partial charge < -0.3 is 24.0 Å². The molecular weight excluding hydrogens is 765 g/mol. The summed E-state index contributed by atoms with van der Waals surface area (Å²) in [6, 6.07) is 0. The van der Waals surface area contributed by atoms with Gasteiger partial charge in [-0.2, -0.15) is 0 Å². The number of likely N-dealkylation sites (N-methyl/N-ethyl adjacent to an activating group) is 1. The number of hydrogen-bond donors (Lipinski definition) is 2. The van der Waals surface area contributed by atoms with Crippen LogP contribution in [0.15, 0.2) is 97.2 Å². The van der Waals surface area contributed by atoms with Crippen molar-refractivity contribution in [1.29, 1.82) is 0 Å². The average Bonchev–Trinajstić information content (AvgIpc) is 3.18. The fourth-order valence-corrected chi connectivity index (χ4v) is 5.94. The van der Waals surface area contributed by atoms with Gasteiger partial charge in [-0.3, -0.25) is 18.6 Å². The molecule has 59 heavy (non-hydrogen) atoms. The lowest BCUT2D eigenvalue weighted by atomic mass is 10.1. The maximum absolute atomic E-state index is 12.7. The largest absolute Gasteiger partial charge is 0.472 e. The van der Waals surface area contributed by atoms with Crippen molar-refractivity contribution in [2.45, 2.75) is 148 Å². The first kappa shape index (κ1) is 55.9. The van der Waals surface area contributed by atoms with Crippen LogP contribution in [0.2, 0.25) is 0 Å². The highest BCUT2D eigenvalue weighted by molar-refractivity contribution is 7.47. The van der Waals surface area contributed by atoms with Crippen LogP contribution >= 0.6 is 7.82 Å². The Morgan fingerprint density at radius 1 is 0.627 bits per heavy atom. The summed E-state index contributed by atoms with van der Waals surface area (Å²) in [5, 5.41) is 10.0. The Bertz CT molecular complexity index is 1340. The monoisotopic (exact) mass is 847 g/mol. The number of allylic oxidation sites excluding steroid dienone is 14. The van der Waals surface area contributed by atoms with Crippen molar-refractivity contribution in [3.8, 4) is 0 Å². The Kier molecular flexibility index (Phi) is 37.0. The van der Waals surface area contributed by atoms with Gasteiger partial charge in [0.15, 0.2) is 6.10 Å². The number of aliphatic hydroxyl groups excluding tert-OH is 1. The first-order chi connectivity index (χ1) is 28.4. The standard InChI is InChI=1S/C48H80NO9P/c1-6-8-10-12-14-15-16-17-18-19-20-21-22-23-28-32-36-40-48(52)58-46(44-57-59(53,54)56-42-41-49(3,4)5)43-55-47(51)39-35-31-27-25-24-26-30-34-38-45(50)37-33-29-13-11-9-7-2/h9,11,14-15,17-18,20-21,25-27,29-30,33-34,38,45-46,50H,6-8,10,12-13,16,19,22-24,28,31-32,35-37,39-44H2,1-5H3/p+1/b11-9-,15-14-,18-17-,21-20-,27-25-,30-26-,33-29-,38-34+/t45?,46-/m1/s1. The van der Waals surface area contributed by atoms with Crippen LogP contribution in [-0.4, -0.2) is 86.1 Å². The normalized spacial score (nSPS) is 15.0. The summed E-state index contributed by atoms with van der Waals surface area (Å²) in [6.45, 7) is 4.06. The van der Waals surface area contributed by atoms with Crippen molar-refractivity contribution in [2.75, 3.05) is 47.5 Å². The third-order valence-corrected chi connectivity index (χ3v) is 9.66. The summed E-state index contributed by atoms with van der Waals surface area (Å²) in [4.78, 5) is 35.4. The molecule has 0 bridgehead atoms. The van der Waals surface area contributed by atoms with Crippen molar-refractivity contribution in [3.63, 3.8) is 0 Å². The topological polar surface area (TPSA) is 129 Å². The van der Waals surface area contributed by atoms with Crippen molar-refractivity contribution in [2.24, 2.45) is 0 Å². The zero-order valence-corrected chi connectivity index (χ0v) is 38.2. The molecular formula is C48H81NO9P+. The molecule has 3 atom stereocenters. The molecule has 0 saturated heterocycles. The predicted molar refractivity (Wildman–Crippen MR) is 244 cm³/mol. The summed E-state index contributed by atoms with van der Waals surface area (Å²) in [6.07, 6.45) is 47.8. The van der Waals surface area contributed by atoms with Gasteiger partial charge in [-0.05, 0) is 83.5 Å². The lowest BCUT2D eigenvalue weighted by molar-refractivity contribution is -0.870. The number of aliphatic hydroxyl groups is 1. The van der Waals surface area contributed by atoms with Gasteiger partial charge in [0, 0.05) is 12.8 Å². The maximum Gasteiger partial charge on any atom is 0.472 e. The van der Waals surface area contributed by atoms with E-state index in [2.05, 4.69) is 68.5 Å². The summed E-state index contributed by atoms with van der Waals surface area (Å²) in [7, 11) is 1.38. The zero-order valence-electron chi connectivity index (χ0n) is 37.3. The number of phosphoric acid groups is 1. The van der Waals surface area contributed by atoms with Gasteiger partial charge in [0.05, 0.1) is 33.9 Å². The van der Waals surface area contributed by atoms with Gasteiger partial charge in [-0.1, -0.05) is 137 Å². The second kappa shape index (κ2) is 39.1. The number of hydrogen-bond acceptors (Lipinski definition) is 8. The maximum atomic E-state index is 12.7. The Morgan fingerprint density at radius 2 is 1.19 bits per heavy atom. The van der Waals surface area contributed by atoms with Crippen molar-refractivity contribution in [3.05, 3.63) is 97.2 Å². The molecule has 10 nitrogen and oxygen atoms in total. The lowest BCUT2D eigenvalue weighted by Crippen LogP contribution is -2.37. The van der Waals surface area contributed by atoms with E-state index in [-0.39, 0.29) is 26.1 Å². The van der Waals surface area contributed by atoms with E-state index in [9.17, 15) is 24.2 Å².